The molecule has 1 aromatic heterocycles. The summed E-state index contributed by atoms with van der Waals surface area (Å²) in [4.78, 5) is 8.28. The van der Waals surface area contributed by atoms with E-state index in [1.807, 2.05) is 12.1 Å². The molecule has 0 atom stereocenters. The number of hydrogen-bond donors (Lipinski definition) is 1. The first kappa shape index (κ1) is 14.3. The van der Waals surface area contributed by atoms with Gasteiger partial charge in [-0.3, -0.25) is 4.90 Å². The number of halogens is 1. The van der Waals surface area contributed by atoms with Gasteiger partial charge in [0.2, 0.25) is 0 Å². The minimum Gasteiger partial charge on any atom is -0.369 e. The number of H-pyrrole nitrogens is 1. The third-order valence-electron chi connectivity index (χ3n) is 4.54. The van der Waals surface area contributed by atoms with E-state index in [1.165, 1.54) is 28.7 Å². The van der Waals surface area contributed by atoms with Crippen LogP contribution >= 0.6 is 0 Å². The number of piperazine rings is 1. The quantitative estimate of drug-likeness (QED) is 0.798. The molecule has 1 N–H and O–H groups in total. The van der Waals surface area contributed by atoms with Crippen LogP contribution in [-0.2, 0) is 6.54 Å². The Balaban J connectivity index is 1.38. The van der Waals surface area contributed by atoms with E-state index >= 15 is 0 Å². The molecule has 4 rings (SSSR count). The van der Waals surface area contributed by atoms with Crippen molar-refractivity contribution in [3.8, 4) is 0 Å². The van der Waals surface area contributed by atoms with Gasteiger partial charge in [-0.25, -0.2) is 4.39 Å². The van der Waals surface area contributed by atoms with E-state index in [1.54, 1.807) is 0 Å². The van der Waals surface area contributed by atoms with Crippen LogP contribution in [0, 0.1) is 5.82 Å². The van der Waals surface area contributed by atoms with Crippen molar-refractivity contribution in [2.45, 2.75) is 6.54 Å². The third kappa shape index (κ3) is 3.08. The molecule has 0 amide bonds. The minimum atomic E-state index is -0.175. The Morgan fingerprint density at radius 2 is 1.65 bits per heavy atom. The van der Waals surface area contributed by atoms with Crippen molar-refractivity contribution in [3.05, 3.63) is 66.1 Å². The number of benzene rings is 2. The highest BCUT2D eigenvalue weighted by atomic mass is 19.1. The number of rotatable bonds is 3. The molecular formula is C19H20FN3. The van der Waals surface area contributed by atoms with Crippen LogP contribution in [0.5, 0.6) is 0 Å². The van der Waals surface area contributed by atoms with Crippen LogP contribution in [0.2, 0.25) is 0 Å². The van der Waals surface area contributed by atoms with Crippen molar-refractivity contribution in [3.63, 3.8) is 0 Å². The summed E-state index contributed by atoms with van der Waals surface area (Å²) >= 11 is 0. The second kappa shape index (κ2) is 6.05. The second-order valence-electron chi connectivity index (χ2n) is 6.12. The molecule has 1 aliphatic rings. The topological polar surface area (TPSA) is 22.3 Å². The lowest BCUT2D eigenvalue weighted by Gasteiger charge is -2.35. The van der Waals surface area contributed by atoms with Crippen molar-refractivity contribution in [1.29, 1.82) is 0 Å². The Hall–Kier alpha value is -2.33. The molecule has 0 bridgehead atoms. The fraction of sp³-hybridized carbons (Fsp3) is 0.263. The molecule has 2 aromatic carbocycles. The molecule has 4 heteroatoms. The van der Waals surface area contributed by atoms with Crippen molar-refractivity contribution >= 4 is 16.6 Å². The summed E-state index contributed by atoms with van der Waals surface area (Å²) in [5.41, 5.74) is 3.57. The van der Waals surface area contributed by atoms with Crippen molar-refractivity contribution in [2.75, 3.05) is 31.1 Å². The van der Waals surface area contributed by atoms with Gasteiger partial charge in [-0.2, -0.15) is 0 Å². The number of nitrogens with zero attached hydrogens (tertiary/aromatic N) is 2. The van der Waals surface area contributed by atoms with Gasteiger partial charge >= 0.3 is 0 Å². The van der Waals surface area contributed by atoms with Gasteiger partial charge in [0.05, 0.1) is 0 Å². The number of para-hydroxylation sites is 1. The zero-order chi connectivity index (χ0) is 15.6. The fourth-order valence-electron chi connectivity index (χ4n) is 3.28. The molecule has 3 nitrogen and oxygen atoms in total. The van der Waals surface area contributed by atoms with Crippen LogP contribution in [0.3, 0.4) is 0 Å². The SMILES string of the molecule is Fc1ccc(N2CCN(Cc3cc4ccccc4[nH]3)CC2)cc1. The molecule has 1 aliphatic heterocycles. The van der Waals surface area contributed by atoms with Crippen LogP contribution in [0.4, 0.5) is 10.1 Å². The molecule has 1 fully saturated rings. The van der Waals surface area contributed by atoms with E-state index in [-0.39, 0.29) is 5.82 Å². The van der Waals surface area contributed by atoms with E-state index in [4.69, 9.17) is 0 Å². The predicted octanol–water partition coefficient (Wildman–Crippen LogP) is 3.63. The van der Waals surface area contributed by atoms with Gasteiger partial charge < -0.3 is 9.88 Å². The van der Waals surface area contributed by atoms with Gasteiger partial charge in [-0.1, -0.05) is 18.2 Å². The average molecular weight is 309 g/mol. The number of hydrogen-bond acceptors (Lipinski definition) is 2. The molecule has 0 radical (unpaired) electrons. The molecule has 0 spiro atoms. The summed E-state index contributed by atoms with van der Waals surface area (Å²) in [6, 6.07) is 17.4. The molecular weight excluding hydrogens is 289 g/mol. The van der Waals surface area contributed by atoms with Gasteiger partial charge in [0.1, 0.15) is 5.82 Å². The number of nitrogens with one attached hydrogen (secondary N) is 1. The summed E-state index contributed by atoms with van der Waals surface area (Å²) in [6.07, 6.45) is 0. The van der Waals surface area contributed by atoms with E-state index < -0.39 is 0 Å². The predicted molar refractivity (Wildman–Crippen MR) is 92.2 cm³/mol. The second-order valence-corrected chi connectivity index (χ2v) is 6.12. The summed E-state index contributed by atoms with van der Waals surface area (Å²) in [5.74, 6) is -0.175. The third-order valence-corrected chi connectivity index (χ3v) is 4.54. The van der Waals surface area contributed by atoms with Gasteiger partial charge in [-0.15, -0.1) is 0 Å². The first-order valence-corrected chi connectivity index (χ1v) is 8.07. The lowest BCUT2D eigenvalue weighted by Crippen LogP contribution is -2.46. The van der Waals surface area contributed by atoms with Gasteiger partial charge in [0.15, 0.2) is 0 Å². The Morgan fingerprint density at radius 3 is 2.39 bits per heavy atom. The highest BCUT2D eigenvalue weighted by Gasteiger charge is 2.17. The Morgan fingerprint density at radius 1 is 0.913 bits per heavy atom. The van der Waals surface area contributed by atoms with Gasteiger partial charge in [0, 0.05) is 49.6 Å². The van der Waals surface area contributed by atoms with Gasteiger partial charge in [0.25, 0.3) is 0 Å². The zero-order valence-corrected chi connectivity index (χ0v) is 13.0. The van der Waals surface area contributed by atoms with E-state index in [0.717, 1.165) is 38.4 Å². The minimum absolute atomic E-state index is 0.175. The molecule has 0 aliphatic carbocycles. The van der Waals surface area contributed by atoms with E-state index in [9.17, 15) is 4.39 Å². The Labute approximate surface area is 135 Å². The Bertz CT molecular complexity index is 753. The Kier molecular flexibility index (Phi) is 3.75. The molecule has 1 saturated heterocycles. The number of anilines is 1. The standard InChI is InChI=1S/C19H20FN3/c20-16-5-7-18(8-6-16)23-11-9-22(10-12-23)14-17-13-15-3-1-2-4-19(15)21-17/h1-8,13,21H,9-12,14H2. The molecule has 118 valence electrons. The lowest BCUT2D eigenvalue weighted by atomic mass is 10.2. The van der Waals surface area contributed by atoms with E-state index in [0.29, 0.717) is 0 Å². The molecule has 2 heterocycles. The van der Waals surface area contributed by atoms with Crippen molar-refractivity contribution < 1.29 is 4.39 Å². The molecule has 23 heavy (non-hydrogen) atoms. The average Bonchev–Trinajstić information content (AvgIpc) is 2.98. The smallest absolute Gasteiger partial charge is 0.123 e. The zero-order valence-electron chi connectivity index (χ0n) is 13.0. The van der Waals surface area contributed by atoms with Crippen LogP contribution in [0.25, 0.3) is 10.9 Å². The van der Waals surface area contributed by atoms with Gasteiger partial charge in [-0.05, 0) is 41.8 Å². The van der Waals surface area contributed by atoms with Crippen LogP contribution < -0.4 is 4.90 Å². The monoisotopic (exact) mass is 309 g/mol. The van der Waals surface area contributed by atoms with Crippen molar-refractivity contribution in [1.82, 2.24) is 9.88 Å². The molecule has 0 saturated carbocycles. The first-order valence-electron chi connectivity index (χ1n) is 8.07. The highest BCUT2D eigenvalue weighted by molar-refractivity contribution is 5.80. The number of aromatic amines is 1. The van der Waals surface area contributed by atoms with Crippen LogP contribution in [0.1, 0.15) is 5.69 Å². The molecule has 3 aromatic rings. The summed E-state index contributed by atoms with van der Waals surface area (Å²) in [6.45, 7) is 4.95. The van der Waals surface area contributed by atoms with Crippen molar-refractivity contribution in [2.24, 2.45) is 0 Å². The summed E-state index contributed by atoms with van der Waals surface area (Å²) in [7, 11) is 0. The molecule has 0 unspecified atom stereocenters. The largest absolute Gasteiger partial charge is 0.369 e. The summed E-state index contributed by atoms with van der Waals surface area (Å²) < 4.78 is 13.0. The maximum Gasteiger partial charge on any atom is 0.123 e. The highest BCUT2D eigenvalue weighted by Crippen LogP contribution is 2.19. The first-order chi connectivity index (χ1) is 11.3. The lowest BCUT2D eigenvalue weighted by molar-refractivity contribution is 0.247. The van der Waals surface area contributed by atoms with Crippen LogP contribution in [-0.4, -0.2) is 36.1 Å². The fourth-order valence-corrected chi connectivity index (χ4v) is 3.28. The maximum atomic E-state index is 13.0. The summed E-state index contributed by atoms with van der Waals surface area (Å²) in [5, 5.41) is 1.27. The normalized spacial score (nSPS) is 16.1. The number of aromatic nitrogens is 1. The van der Waals surface area contributed by atoms with Crippen LogP contribution in [0.15, 0.2) is 54.6 Å². The number of fused-ring (bicyclic) bond motifs is 1. The van der Waals surface area contributed by atoms with E-state index in [2.05, 4.69) is 45.1 Å². The maximum absolute atomic E-state index is 13.0.